The molecule has 28 heavy (non-hydrogen) atoms. The molecule has 0 unspecified atom stereocenters. The Morgan fingerprint density at radius 2 is 1.75 bits per heavy atom. The second-order valence-electron chi connectivity index (χ2n) is 7.01. The molecule has 3 rings (SSSR count). The number of aryl methyl sites for hydroxylation is 1. The molecule has 0 bridgehead atoms. The Bertz CT molecular complexity index is 801. The van der Waals surface area contributed by atoms with Crippen molar-refractivity contribution in [3.63, 3.8) is 0 Å². The van der Waals surface area contributed by atoms with E-state index in [4.69, 9.17) is 9.47 Å². The summed E-state index contributed by atoms with van der Waals surface area (Å²) in [6.07, 6.45) is 0.962. The molecule has 1 fully saturated rings. The molecule has 6 heteroatoms. The van der Waals surface area contributed by atoms with Crippen molar-refractivity contribution in [3.05, 3.63) is 48.0 Å². The molecular weight excluding hydrogens is 354 g/mol. The molecule has 1 amide bonds. The van der Waals surface area contributed by atoms with Crippen LogP contribution >= 0.6 is 0 Å². The molecular formula is C22H29N3O3. The minimum atomic E-state index is -0.00792. The van der Waals surface area contributed by atoms with Gasteiger partial charge in [-0.05, 0) is 37.2 Å². The standard InChI is InChI=1S/C22H29N3O3/c1-24-13-15-25(16-14-24)19-9-5-4-8-18(19)23-21(26)12-11-17-7-6-10-20(27-2)22(17)28-3/h4-10H,11-16H2,1-3H3,(H,23,26). The lowest BCUT2D eigenvalue weighted by Gasteiger charge is -2.35. The molecule has 6 nitrogen and oxygen atoms in total. The second kappa shape index (κ2) is 9.46. The van der Waals surface area contributed by atoms with Crippen LogP contribution in [0.5, 0.6) is 11.5 Å². The summed E-state index contributed by atoms with van der Waals surface area (Å²) in [4.78, 5) is 17.3. The van der Waals surface area contributed by atoms with Crippen molar-refractivity contribution < 1.29 is 14.3 Å². The first-order valence-corrected chi connectivity index (χ1v) is 9.64. The molecule has 1 heterocycles. The molecule has 1 aliphatic rings. The fourth-order valence-electron chi connectivity index (χ4n) is 3.51. The van der Waals surface area contributed by atoms with E-state index in [2.05, 4.69) is 28.2 Å². The van der Waals surface area contributed by atoms with Crippen molar-refractivity contribution in [2.45, 2.75) is 12.8 Å². The third-order valence-corrected chi connectivity index (χ3v) is 5.13. The Labute approximate surface area is 167 Å². The summed E-state index contributed by atoms with van der Waals surface area (Å²) < 4.78 is 10.8. The summed E-state index contributed by atoms with van der Waals surface area (Å²) in [6, 6.07) is 13.8. The number of carbonyl (C=O) groups excluding carboxylic acids is 1. The van der Waals surface area contributed by atoms with Crippen LogP contribution in [0.25, 0.3) is 0 Å². The van der Waals surface area contributed by atoms with E-state index >= 15 is 0 Å². The Kier molecular flexibility index (Phi) is 6.76. The van der Waals surface area contributed by atoms with E-state index < -0.39 is 0 Å². The fraction of sp³-hybridized carbons (Fsp3) is 0.409. The molecule has 0 atom stereocenters. The van der Waals surface area contributed by atoms with E-state index in [1.54, 1.807) is 14.2 Å². The summed E-state index contributed by atoms with van der Waals surface area (Å²) in [7, 11) is 5.37. The number of nitrogens with zero attached hydrogens (tertiary/aromatic N) is 2. The van der Waals surface area contributed by atoms with Crippen LogP contribution in [0.2, 0.25) is 0 Å². The minimum absolute atomic E-state index is 0.00792. The smallest absolute Gasteiger partial charge is 0.224 e. The zero-order chi connectivity index (χ0) is 19.9. The van der Waals surface area contributed by atoms with Crippen LogP contribution < -0.4 is 19.7 Å². The SMILES string of the molecule is COc1cccc(CCC(=O)Nc2ccccc2N2CCN(C)CC2)c1OC. The number of methoxy groups -OCH3 is 2. The Balaban J connectivity index is 1.65. The molecule has 1 saturated heterocycles. The van der Waals surface area contributed by atoms with Gasteiger partial charge in [0.2, 0.25) is 5.91 Å². The van der Waals surface area contributed by atoms with Gasteiger partial charge in [-0.15, -0.1) is 0 Å². The predicted molar refractivity (Wildman–Crippen MR) is 113 cm³/mol. The van der Waals surface area contributed by atoms with Crippen LogP contribution in [-0.4, -0.2) is 58.3 Å². The summed E-state index contributed by atoms with van der Waals surface area (Å²) in [5, 5.41) is 3.09. The number of anilines is 2. The first-order chi connectivity index (χ1) is 13.6. The van der Waals surface area contributed by atoms with Gasteiger partial charge in [0.25, 0.3) is 0 Å². The van der Waals surface area contributed by atoms with Gasteiger partial charge < -0.3 is 24.6 Å². The van der Waals surface area contributed by atoms with Crippen LogP contribution in [0.15, 0.2) is 42.5 Å². The average Bonchev–Trinajstić information content (AvgIpc) is 2.73. The third kappa shape index (κ3) is 4.75. The number of likely N-dealkylation sites (N-methyl/N-ethyl adjacent to an activating group) is 1. The number of piperazine rings is 1. The molecule has 0 aromatic heterocycles. The van der Waals surface area contributed by atoms with Gasteiger partial charge in [0, 0.05) is 32.6 Å². The molecule has 1 N–H and O–H groups in total. The molecule has 1 aliphatic heterocycles. The van der Waals surface area contributed by atoms with Gasteiger partial charge in [-0.25, -0.2) is 0 Å². The van der Waals surface area contributed by atoms with Crippen molar-refractivity contribution in [1.82, 2.24) is 4.90 Å². The summed E-state index contributed by atoms with van der Waals surface area (Å²) >= 11 is 0. The minimum Gasteiger partial charge on any atom is -0.493 e. The topological polar surface area (TPSA) is 54.0 Å². The van der Waals surface area contributed by atoms with Crippen LogP contribution in [0.1, 0.15) is 12.0 Å². The van der Waals surface area contributed by atoms with E-state index in [0.29, 0.717) is 24.3 Å². The van der Waals surface area contributed by atoms with Crippen molar-refractivity contribution >= 4 is 17.3 Å². The number of nitrogens with one attached hydrogen (secondary N) is 1. The Morgan fingerprint density at radius 1 is 1.00 bits per heavy atom. The molecule has 0 radical (unpaired) electrons. The largest absolute Gasteiger partial charge is 0.493 e. The van der Waals surface area contributed by atoms with E-state index in [9.17, 15) is 4.79 Å². The lowest BCUT2D eigenvalue weighted by molar-refractivity contribution is -0.116. The number of hydrogen-bond acceptors (Lipinski definition) is 5. The summed E-state index contributed by atoms with van der Waals surface area (Å²) in [5.74, 6) is 1.36. The third-order valence-electron chi connectivity index (χ3n) is 5.13. The van der Waals surface area contributed by atoms with Crippen molar-refractivity contribution in [3.8, 4) is 11.5 Å². The fourth-order valence-corrected chi connectivity index (χ4v) is 3.51. The number of ether oxygens (including phenoxy) is 2. The van der Waals surface area contributed by atoms with E-state index in [0.717, 1.165) is 43.1 Å². The van der Waals surface area contributed by atoms with E-state index in [1.165, 1.54) is 0 Å². The van der Waals surface area contributed by atoms with Gasteiger partial charge in [-0.3, -0.25) is 4.79 Å². The maximum atomic E-state index is 12.6. The summed E-state index contributed by atoms with van der Waals surface area (Å²) in [5.41, 5.74) is 2.92. The van der Waals surface area contributed by atoms with Crippen molar-refractivity contribution in [2.75, 3.05) is 57.7 Å². The molecule has 0 saturated carbocycles. The van der Waals surface area contributed by atoms with Crippen LogP contribution in [0, 0.1) is 0 Å². The van der Waals surface area contributed by atoms with E-state index in [1.807, 2.05) is 36.4 Å². The van der Waals surface area contributed by atoms with E-state index in [-0.39, 0.29) is 5.91 Å². The monoisotopic (exact) mass is 383 g/mol. The second-order valence-corrected chi connectivity index (χ2v) is 7.01. The van der Waals surface area contributed by atoms with Gasteiger partial charge in [-0.1, -0.05) is 24.3 Å². The van der Waals surface area contributed by atoms with Crippen LogP contribution in [0.3, 0.4) is 0 Å². The molecule has 150 valence electrons. The Hall–Kier alpha value is -2.73. The van der Waals surface area contributed by atoms with Gasteiger partial charge in [-0.2, -0.15) is 0 Å². The lowest BCUT2D eigenvalue weighted by atomic mass is 10.1. The number of carbonyl (C=O) groups is 1. The Morgan fingerprint density at radius 3 is 2.46 bits per heavy atom. The highest BCUT2D eigenvalue weighted by molar-refractivity contribution is 5.94. The van der Waals surface area contributed by atoms with Gasteiger partial charge in [0.1, 0.15) is 0 Å². The highest BCUT2D eigenvalue weighted by Crippen LogP contribution is 2.32. The lowest BCUT2D eigenvalue weighted by Crippen LogP contribution is -2.44. The van der Waals surface area contributed by atoms with Gasteiger partial charge in [0.15, 0.2) is 11.5 Å². The molecule has 2 aromatic rings. The number of amides is 1. The first kappa shape index (κ1) is 20.0. The number of benzene rings is 2. The average molecular weight is 383 g/mol. The van der Waals surface area contributed by atoms with Crippen molar-refractivity contribution in [1.29, 1.82) is 0 Å². The van der Waals surface area contributed by atoms with Gasteiger partial charge in [0.05, 0.1) is 25.6 Å². The van der Waals surface area contributed by atoms with Crippen molar-refractivity contribution in [2.24, 2.45) is 0 Å². The maximum Gasteiger partial charge on any atom is 0.224 e. The first-order valence-electron chi connectivity index (χ1n) is 9.64. The zero-order valence-electron chi connectivity index (χ0n) is 16.9. The maximum absolute atomic E-state index is 12.6. The molecule has 2 aromatic carbocycles. The normalized spacial score (nSPS) is 14.6. The number of rotatable bonds is 7. The number of hydrogen-bond donors (Lipinski definition) is 1. The zero-order valence-corrected chi connectivity index (χ0v) is 16.9. The van der Waals surface area contributed by atoms with Crippen LogP contribution in [0.4, 0.5) is 11.4 Å². The highest BCUT2D eigenvalue weighted by atomic mass is 16.5. The van der Waals surface area contributed by atoms with Gasteiger partial charge >= 0.3 is 0 Å². The van der Waals surface area contributed by atoms with Crippen LogP contribution in [-0.2, 0) is 11.2 Å². The predicted octanol–water partition coefficient (Wildman–Crippen LogP) is 3.03. The summed E-state index contributed by atoms with van der Waals surface area (Å²) in [6.45, 7) is 3.98. The highest BCUT2D eigenvalue weighted by Gasteiger charge is 2.18. The molecule has 0 aliphatic carbocycles. The molecule has 0 spiro atoms. The number of para-hydroxylation sites is 3. The quantitative estimate of drug-likeness (QED) is 0.797.